The summed E-state index contributed by atoms with van der Waals surface area (Å²) in [6.07, 6.45) is 5.45. The number of hydrogen-bond acceptors (Lipinski definition) is 1. The van der Waals surface area contributed by atoms with E-state index in [2.05, 4.69) is 67.7 Å². The summed E-state index contributed by atoms with van der Waals surface area (Å²) in [6, 6.07) is 20.9. The Hall–Kier alpha value is -2.43. The Bertz CT molecular complexity index is 780. The largest absolute Gasteiger partial charge is 0.344 e. The van der Waals surface area contributed by atoms with Gasteiger partial charge in [-0.05, 0) is 29.5 Å². The molecule has 4 heteroatoms. The van der Waals surface area contributed by atoms with Gasteiger partial charge in [-0.1, -0.05) is 80.6 Å². The number of benzene rings is 2. The van der Waals surface area contributed by atoms with Crippen LogP contribution in [-0.4, -0.2) is 45.2 Å². The molecule has 2 aromatic carbocycles. The molecule has 0 aromatic heterocycles. The summed E-state index contributed by atoms with van der Waals surface area (Å²) in [5.41, 5.74) is 2.46. The van der Waals surface area contributed by atoms with Crippen molar-refractivity contribution in [2.24, 2.45) is 5.92 Å². The highest BCUT2D eigenvalue weighted by atomic mass is 16.2. The van der Waals surface area contributed by atoms with E-state index in [4.69, 9.17) is 0 Å². The van der Waals surface area contributed by atoms with Gasteiger partial charge < -0.3 is 15.1 Å². The zero-order valence-corrected chi connectivity index (χ0v) is 18.4. The average molecular weight is 408 g/mol. The number of rotatable bonds is 9. The van der Waals surface area contributed by atoms with Crippen LogP contribution in [0.4, 0.5) is 0 Å². The summed E-state index contributed by atoms with van der Waals surface area (Å²) in [6.45, 7) is 10.4. The third-order valence-corrected chi connectivity index (χ3v) is 5.84. The highest BCUT2D eigenvalue weighted by Gasteiger charge is 2.25. The number of hydrogen-bond donors (Lipinski definition) is 3. The molecular formula is C26H37N3O+2. The van der Waals surface area contributed by atoms with Crippen LogP contribution in [0.1, 0.15) is 37.4 Å². The van der Waals surface area contributed by atoms with E-state index in [-0.39, 0.29) is 11.9 Å². The van der Waals surface area contributed by atoms with Gasteiger partial charge in [0.1, 0.15) is 26.2 Å². The topological polar surface area (TPSA) is 38.0 Å². The molecule has 0 aliphatic carbocycles. The lowest BCUT2D eigenvalue weighted by Crippen LogP contribution is -3.28. The van der Waals surface area contributed by atoms with Gasteiger partial charge in [0, 0.05) is 0 Å². The van der Waals surface area contributed by atoms with E-state index in [0.29, 0.717) is 12.5 Å². The van der Waals surface area contributed by atoms with Crippen molar-refractivity contribution in [3.05, 3.63) is 77.9 Å². The van der Waals surface area contributed by atoms with Gasteiger partial charge in [0.25, 0.3) is 5.91 Å². The summed E-state index contributed by atoms with van der Waals surface area (Å²) >= 11 is 0. The molecule has 0 radical (unpaired) electrons. The van der Waals surface area contributed by atoms with Crippen LogP contribution in [0, 0.1) is 5.92 Å². The normalized spacial score (nSPS) is 20.4. The third-order valence-electron chi connectivity index (χ3n) is 5.84. The standard InChI is InChI=1S/C26H35N3O/c1-22(2)20-25(24-13-7-4-8-14-24)27-26(30)21-29-18-16-28(17-19-29)15-9-12-23-10-5-3-6-11-23/h3-14,22,25H,15-21H2,1-2H3,(H,27,30)/p+2/b12-9+/t25-/m1/s1. The molecule has 3 N–H and O–H groups in total. The van der Waals surface area contributed by atoms with Gasteiger partial charge >= 0.3 is 0 Å². The molecule has 4 nitrogen and oxygen atoms in total. The van der Waals surface area contributed by atoms with Crippen molar-refractivity contribution >= 4 is 12.0 Å². The molecule has 160 valence electrons. The first-order valence-corrected chi connectivity index (χ1v) is 11.3. The van der Waals surface area contributed by atoms with E-state index in [9.17, 15) is 4.79 Å². The lowest BCUT2D eigenvalue weighted by molar-refractivity contribution is -1.01. The fraction of sp³-hybridized carbons (Fsp3) is 0.423. The zero-order valence-electron chi connectivity index (χ0n) is 18.4. The summed E-state index contributed by atoms with van der Waals surface area (Å²) < 4.78 is 0. The molecule has 0 saturated carbocycles. The minimum Gasteiger partial charge on any atom is -0.344 e. The molecule has 0 unspecified atom stereocenters. The Labute approximate surface area is 181 Å². The van der Waals surface area contributed by atoms with Crippen molar-refractivity contribution in [1.82, 2.24) is 5.32 Å². The van der Waals surface area contributed by atoms with Crippen molar-refractivity contribution in [2.45, 2.75) is 26.3 Å². The van der Waals surface area contributed by atoms with Crippen LogP contribution in [-0.2, 0) is 4.79 Å². The average Bonchev–Trinajstić information content (AvgIpc) is 2.75. The van der Waals surface area contributed by atoms with Crippen LogP contribution in [0.3, 0.4) is 0 Å². The molecule has 1 amide bonds. The number of amides is 1. The predicted octanol–water partition coefficient (Wildman–Crippen LogP) is 1.39. The van der Waals surface area contributed by atoms with Crippen LogP contribution in [0.2, 0.25) is 0 Å². The predicted molar refractivity (Wildman–Crippen MR) is 123 cm³/mol. The number of piperazine rings is 1. The second-order valence-electron chi connectivity index (χ2n) is 8.85. The van der Waals surface area contributed by atoms with Crippen molar-refractivity contribution in [3.63, 3.8) is 0 Å². The van der Waals surface area contributed by atoms with E-state index in [1.807, 2.05) is 24.3 Å². The van der Waals surface area contributed by atoms with E-state index in [1.165, 1.54) is 16.0 Å². The summed E-state index contributed by atoms with van der Waals surface area (Å²) in [5.74, 6) is 0.714. The maximum atomic E-state index is 12.7. The van der Waals surface area contributed by atoms with Crippen LogP contribution in [0.5, 0.6) is 0 Å². The molecule has 1 saturated heterocycles. The van der Waals surface area contributed by atoms with Crippen LogP contribution < -0.4 is 15.1 Å². The summed E-state index contributed by atoms with van der Waals surface area (Å²) in [4.78, 5) is 15.7. The van der Waals surface area contributed by atoms with Crippen molar-refractivity contribution in [3.8, 4) is 0 Å². The van der Waals surface area contributed by atoms with Gasteiger partial charge in [-0.15, -0.1) is 0 Å². The first kappa shape index (κ1) is 22.3. The SMILES string of the molecule is CC(C)C[C@@H](NC(=O)C[NH+]1CC[NH+](C/C=C/c2ccccc2)CC1)c1ccccc1. The fourth-order valence-corrected chi connectivity index (χ4v) is 4.17. The molecule has 1 heterocycles. The van der Waals surface area contributed by atoms with Crippen LogP contribution in [0.15, 0.2) is 66.7 Å². The summed E-state index contributed by atoms with van der Waals surface area (Å²) in [7, 11) is 0. The Balaban J connectivity index is 1.42. The molecule has 2 aromatic rings. The van der Waals surface area contributed by atoms with E-state index >= 15 is 0 Å². The minimum absolute atomic E-state index is 0.105. The van der Waals surface area contributed by atoms with Gasteiger partial charge in [0.05, 0.1) is 12.6 Å². The highest BCUT2D eigenvalue weighted by Crippen LogP contribution is 2.20. The second kappa shape index (κ2) is 11.7. The van der Waals surface area contributed by atoms with E-state index in [0.717, 1.165) is 39.1 Å². The number of nitrogens with one attached hydrogen (secondary N) is 3. The Morgan fingerprint density at radius 3 is 2.17 bits per heavy atom. The number of carbonyl (C=O) groups excluding carboxylic acids is 1. The first-order chi connectivity index (χ1) is 14.6. The maximum Gasteiger partial charge on any atom is 0.275 e. The Kier molecular flexibility index (Phi) is 8.66. The fourth-order valence-electron chi connectivity index (χ4n) is 4.17. The highest BCUT2D eigenvalue weighted by molar-refractivity contribution is 5.77. The second-order valence-corrected chi connectivity index (χ2v) is 8.85. The molecule has 1 fully saturated rings. The Morgan fingerprint density at radius 1 is 0.933 bits per heavy atom. The molecule has 1 aliphatic heterocycles. The first-order valence-electron chi connectivity index (χ1n) is 11.3. The third kappa shape index (κ3) is 7.43. The molecule has 0 spiro atoms. The van der Waals surface area contributed by atoms with Gasteiger partial charge in [-0.2, -0.15) is 0 Å². The van der Waals surface area contributed by atoms with E-state index in [1.54, 1.807) is 4.90 Å². The van der Waals surface area contributed by atoms with Crippen LogP contribution in [0.25, 0.3) is 6.08 Å². The Morgan fingerprint density at radius 2 is 1.53 bits per heavy atom. The molecule has 0 bridgehead atoms. The number of quaternary nitrogens is 2. The quantitative estimate of drug-likeness (QED) is 0.577. The number of carbonyl (C=O) groups is 1. The van der Waals surface area contributed by atoms with Gasteiger partial charge in [-0.3, -0.25) is 4.79 Å². The van der Waals surface area contributed by atoms with Crippen LogP contribution >= 0.6 is 0 Å². The molecule has 1 atom stereocenters. The lowest BCUT2D eigenvalue weighted by Gasteiger charge is -2.29. The van der Waals surface area contributed by atoms with Gasteiger partial charge in [0.2, 0.25) is 0 Å². The van der Waals surface area contributed by atoms with Gasteiger partial charge in [0.15, 0.2) is 6.54 Å². The van der Waals surface area contributed by atoms with Crippen molar-refractivity contribution in [2.75, 3.05) is 39.3 Å². The summed E-state index contributed by atoms with van der Waals surface area (Å²) in [5, 5.41) is 3.30. The monoisotopic (exact) mass is 407 g/mol. The van der Waals surface area contributed by atoms with Gasteiger partial charge in [-0.25, -0.2) is 0 Å². The lowest BCUT2D eigenvalue weighted by atomic mass is 9.97. The van der Waals surface area contributed by atoms with Crippen molar-refractivity contribution < 1.29 is 14.6 Å². The minimum atomic E-state index is 0.105. The molecule has 3 rings (SSSR count). The molecule has 1 aliphatic rings. The van der Waals surface area contributed by atoms with Crippen molar-refractivity contribution in [1.29, 1.82) is 0 Å². The molecule has 30 heavy (non-hydrogen) atoms. The van der Waals surface area contributed by atoms with E-state index < -0.39 is 0 Å². The molecular weight excluding hydrogens is 370 g/mol. The maximum absolute atomic E-state index is 12.7. The zero-order chi connectivity index (χ0) is 21.2. The smallest absolute Gasteiger partial charge is 0.275 e.